The average Bonchev–Trinajstić information content (AvgIpc) is 3.15. The van der Waals surface area contributed by atoms with Gasteiger partial charge in [-0.25, -0.2) is 0 Å². The minimum atomic E-state index is -0.668. The van der Waals surface area contributed by atoms with Crippen molar-refractivity contribution in [2.24, 2.45) is 11.8 Å². The van der Waals surface area contributed by atoms with Crippen molar-refractivity contribution in [1.29, 1.82) is 0 Å². The molecular weight excluding hydrogens is 228 g/mol. The molecular formula is C14H26N2O2. The molecule has 0 unspecified atom stereocenters. The molecule has 0 atom stereocenters. The fraction of sp³-hybridized carbons (Fsp3) is 0.929. The SMILES string of the molecule is CC1CCC(O)(CNC(=O)CNCC2CC2)CC1. The maximum atomic E-state index is 11.6. The van der Waals surface area contributed by atoms with Gasteiger partial charge in [0.25, 0.3) is 0 Å². The third-order valence-electron chi connectivity index (χ3n) is 4.24. The van der Waals surface area contributed by atoms with Gasteiger partial charge in [-0.05, 0) is 56.9 Å². The topological polar surface area (TPSA) is 61.4 Å². The highest BCUT2D eigenvalue weighted by atomic mass is 16.3. The van der Waals surface area contributed by atoms with Gasteiger partial charge in [-0.15, -0.1) is 0 Å². The summed E-state index contributed by atoms with van der Waals surface area (Å²) in [5.74, 6) is 1.51. The number of hydrogen-bond acceptors (Lipinski definition) is 3. The molecule has 0 aromatic heterocycles. The maximum Gasteiger partial charge on any atom is 0.234 e. The third kappa shape index (κ3) is 4.58. The fourth-order valence-corrected chi connectivity index (χ4v) is 2.51. The predicted molar refractivity (Wildman–Crippen MR) is 71.2 cm³/mol. The Balaban J connectivity index is 1.58. The van der Waals surface area contributed by atoms with Gasteiger partial charge in [-0.3, -0.25) is 4.79 Å². The molecule has 0 bridgehead atoms. The van der Waals surface area contributed by atoms with Crippen molar-refractivity contribution in [2.75, 3.05) is 19.6 Å². The lowest BCUT2D eigenvalue weighted by molar-refractivity contribution is -0.122. The average molecular weight is 254 g/mol. The van der Waals surface area contributed by atoms with Gasteiger partial charge in [-0.1, -0.05) is 6.92 Å². The van der Waals surface area contributed by atoms with Crippen molar-refractivity contribution < 1.29 is 9.90 Å². The second-order valence-electron chi connectivity index (χ2n) is 6.26. The van der Waals surface area contributed by atoms with Crippen LogP contribution in [0, 0.1) is 11.8 Å². The first-order valence-corrected chi connectivity index (χ1v) is 7.27. The maximum absolute atomic E-state index is 11.6. The molecule has 2 fully saturated rings. The van der Waals surface area contributed by atoms with Crippen molar-refractivity contribution in [3.8, 4) is 0 Å². The van der Waals surface area contributed by atoms with Crippen LogP contribution in [0.15, 0.2) is 0 Å². The van der Waals surface area contributed by atoms with Gasteiger partial charge in [0, 0.05) is 6.54 Å². The normalized spacial score (nSPS) is 32.2. The number of hydrogen-bond donors (Lipinski definition) is 3. The lowest BCUT2D eigenvalue weighted by atomic mass is 9.79. The quantitative estimate of drug-likeness (QED) is 0.664. The van der Waals surface area contributed by atoms with E-state index in [2.05, 4.69) is 17.6 Å². The summed E-state index contributed by atoms with van der Waals surface area (Å²) in [4.78, 5) is 11.6. The van der Waals surface area contributed by atoms with E-state index in [0.29, 0.717) is 19.0 Å². The minimum absolute atomic E-state index is 0.00250. The Morgan fingerprint density at radius 2 is 1.94 bits per heavy atom. The summed E-state index contributed by atoms with van der Waals surface area (Å²) in [5.41, 5.74) is -0.668. The van der Waals surface area contributed by atoms with Crippen molar-refractivity contribution in [1.82, 2.24) is 10.6 Å². The molecule has 0 radical (unpaired) electrons. The Bertz CT molecular complexity index is 282. The van der Waals surface area contributed by atoms with E-state index in [-0.39, 0.29) is 5.91 Å². The zero-order valence-electron chi connectivity index (χ0n) is 11.4. The first kappa shape index (κ1) is 13.8. The van der Waals surface area contributed by atoms with E-state index in [9.17, 15) is 9.90 Å². The second-order valence-corrected chi connectivity index (χ2v) is 6.26. The lowest BCUT2D eigenvalue weighted by Gasteiger charge is -2.34. The molecule has 1 amide bonds. The Morgan fingerprint density at radius 3 is 2.56 bits per heavy atom. The summed E-state index contributed by atoms with van der Waals surface area (Å²) in [6, 6.07) is 0. The van der Waals surface area contributed by atoms with Gasteiger partial charge in [0.2, 0.25) is 5.91 Å². The van der Waals surface area contributed by atoms with Gasteiger partial charge in [-0.2, -0.15) is 0 Å². The largest absolute Gasteiger partial charge is 0.388 e. The predicted octanol–water partition coefficient (Wildman–Crippen LogP) is 1.04. The van der Waals surface area contributed by atoms with Crippen LogP contribution >= 0.6 is 0 Å². The lowest BCUT2D eigenvalue weighted by Crippen LogP contribution is -2.47. The summed E-state index contributed by atoms with van der Waals surface area (Å²) >= 11 is 0. The van der Waals surface area contributed by atoms with Crippen LogP contribution in [0.2, 0.25) is 0 Å². The molecule has 0 heterocycles. The number of carbonyl (C=O) groups excluding carboxylic acids is 1. The van der Waals surface area contributed by atoms with Gasteiger partial charge in [0.05, 0.1) is 12.1 Å². The van der Waals surface area contributed by atoms with Crippen LogP contribution in [0.25, 0.3) is 0 Å². The van der Waals surface area contributed by atoms with Gasteiger partial charge in [0.15, 0.2) is 0 Å². The van der Waals surface area contributed by atoms with E-state index < -0.39 is 5.60 Å². The molecule has 104 valence electrons. The first-order valence-electron chi connectivity index (χ1n) is 7.27. The molecule has 18 heavy (non-hydrogen) atoms. The molecule has 4 nitrogen and oxygen atoms in total. The van der Waals surface area contributed by atoms with Crippen LogP contribution in [0.4, 0.5) is 0 Å². The third-order valence-corrected chi connectivity index (χ3v) is 4.24. The molecule has 4 heteroatoms. The summed E-state index contributed by atoms with van der Waals surface area (Å²) in [6.07, 6.45) is 6.34. The van der Waals surface area contributed by atoms with Crippen molar-refractivity contribution >= 4 is 5.91 Å². The number of aliphatic hydroxyl groups is 1. The summed E-state index contributed by atoms with van der Waals surface area (Å²) in [6.45, 7) is 3.96. The molecule has 2 rings (SSSR count). The molecule has 0 saturated heterocycles. The number of rotatable bonds is 6. The number of nitrogens with one attached hydrogen (secondary N) is 2. The number of carbonyl (C=O) groups is 1. The highest BCUT2D eigenvalue weighted by Gasteiger charge is 2.31. The van der Waals surface area contributed by atoms with E-state index in [0.717, 1.165) is 38.1 Å². The van der Waals surface area contributed by atoms with Crippen LogP contribution < -0.4 is 10.6 Å². The number of amides is 1. The summed E-state index contributed by atoms with van der Waals surface area (Å²) < 4.78 is 0. The molecule has 3 N–H and O–H groups in total. The zero-order valence-corrected chi connectivity index (χ0v) is 11.4. The smallest absolute Gasteiger partial charge is 0.234 e. The van der Waals surface area contributed by atoms with Crippen molar-refractivity contribution in [3.63, 3.8) is 0 Å². The van der Waals surface area contributed by atoms with E-state index >= 15 is 0 Å². The first-order chi connectivity index (χ1) is 8.57. The van der Waals surface area contributed by atoms with Gasteiger partial charge in [0.1, 0.15) is 0 Å². The van der Waals surface area contributed by atoms with Gasteiger partial charge >= 0.3 is 0 Å². The fourth-order valence-electron chi connectivity index (χ4n) is 2.51. The van der Waals surface area contributed by atoms with Crippen LogP contribution in [-0.2, 0) is 4.79 Å². The Morgan fingerprint density at radius 1 is 1.28 bits per heavy atom. The van der Waals surface area contributed by atoms with E-state index in [1.807, 2.05) is 0 Å². The standard InChI is InChI=1S/C14H26N2O2/c1-11-4-6-14(18,7-5-11)10-16-13(17)9-15-8-12-2-3-12/h11-12,15,18H,2-10H2,1H3,(H,16,17). The van der Waals surface area contributed by atoms with Gasteiger partial charge < -0.3 is 15.7 Å². The molecule has 0 aromatic carbocycles. The monoisotopic (exact) mass is 254 g/mol. The highest BCUT2D eigenvalue weighted by molar-refractivity contribution is 5.78. The van der Waals surface area contributed by atoms with Crippen molar-refractivity contribution in [2.45, 2.75) is 51.0 Å². The van der Waals surface area contributed by atoms with Crippen molar-refractivity contribution in [3.05, 3.63) is 0 Å². The van der Waals surface area contributed by atoms with E-state index in [1.165, 1.54) is 12.8 Å². The van der Waals surface area contributed by atoms with Crippen LogP contribution in [-0.4, -0.2) is 36.2 Å². The van der Waals surface area contributed by atoms with Crippen LogP contribution in [0.1, 0.15) is 45.4 Å². The van der Waals surface area contributed by atoms with E-state index in [1.54, 1.807) is 0 Å². The zero-order chi connectivity index (χ0) is 13.0. The molecule has 2 aliphatic carbocycles. The minimum Gasteiger partial charge on any atom is -0.388 e. The Hall–Kier alpha value is -0.610. The summed E-state index contributed by atoms with van der Waals surface area (Å²) in [7, 11) is 0. The Labute approximate surface area is 110 Å². The Kier molecular flexibility index (Phi) is 4.62. The van der Waals surface area contributed by atoms with Crippen LogP contribution in [0.5, 0.6) is 0 Å². The van der Waals surface area contributed by atoms with Crippen LogP contribution in [0.3, 0.4) is 0 Å². The molecule has 2 aliphatic rings. The molecule has 0 aromatic rings. The summed E-state index contributed by atoms with van der Waals surface area (Å²) in [5, 5.41) is 16.3. The van der Waals surface area contributed by atoms with E-state index in [4.69, 9.17) is 0 Å². The second kappa shape index (κ2) is 6.02. The molecule has 0 spiro atoms. The molecule has 0 aliphatic heterocycles. The highest BCUT2D eigenvalue weighted by Crippen LogP contribution is 2.31. The molecule has 2 saturated carbocycles.